The maximum absolute atomic E-state index is 10.7. The number of aromatic nitrogens is 1. The molecule has 1 aromatic heterocycles. The van der Waals surface area contributed by atoms with E-state index in [1.807, 2.05) is 0 Å². The number of pyridine rings is 1. The Morgan fingerprint density at radius 1 is 1.50 bits per heavy atom. The molecule has 2 rings (SSSR count). The first-order valence-corrected chi connectivity index (χ1v) is 4.25. The molecule has 1 fully saturated rings. The largest absolute Gasteiger partial charge is 0.302 e. The molecule has 0 radical (unpaired) electrons. The molecule has 0 spiro atoms. The van der Waals surface area contributed by atoms with Crippen LogP contribution in [-0.4, -0.2) is 16.2 Å². The molecule has 14 heavy (non-hydrogen) atoms. The molecule has 1 aliphatic rings. The molecule has 1 heterocycles. The number of nitrogens with zero attached hydrogens (tertiary/aromatic N) is 2. The van der Waals surface area contributed by atoms with E-state index in [1.54, 1.807) is 6.07 Å². The lowest BCUT2D eigenvalue weighted by Gasteiger charge is -2.04. The van der Waals surface area contributed by atoms with Gasteiger partial charge in [0.15, 0.2) is 0 Å². The van der Waals surface area contributed by atoms with E-state index in [4.69, 9.17) is 0 Å². The van der Waals surface area contributed by atoms with Crippen LogP contribution in [0.4, 0.5) is 5.69 Å². The standard InChI is InChI=1S/C9H8N2O3/c12-6-9(3-4-9)8-2-1-7(5-10-8)11(13)14/h1-2,5-6H,3-4H2. The van der Waals surface area contributed by atoms with E-state index in [1.165, 1.54) is 12.3 Å². The van der Waals surface area contributed by atoms with Gasteiger partial charge in [-0.1, -0.05) is 0 Å². The Balaban J connectivity index is 2.31. The molecule has 0 N–H and O–H groups in total. The molecule has 0 aromatic carbocycles. The predicted octanol–water partition coefficient (Wildman–Crippen LogP) is 1.22. The monoisotopic (exact) mass is 192 g/mol. The van der Waals surface area contributed by atoms with E-state index in [0.717, 1.165) is 19.1 Å². The molecule has 0 amide bonds. The highest BCUT2D eigenvalue weighted by atomic mass is 16.6. The maximum atomic E-state index is 10.7. The van der Waals surface area contributed by atoms with Gasteiger partial charge in [-0.15, -0.1) is 0 Å². The van der Waals surface area contributed by atoms with E-state index in [9.17, 15) is 14.9 Å². The molecule has 0 unspecified atom stereocenters. The fourth-order valence-corrected chi connectivity index (χ4v) is 1.36. The number of rotatable bonds is 3. The van der Waals surface area contributed by atoms with Gasteiger partial charge in [0.05, 0.1) is 16.0 Å². The van der Waals surface area contributed by atoms with Crippen molar-refractivity contribution in [2.75, 3.05) is 0 Å². The molecule has 1 aliphatic carbocycles. The summed E-state index contributed by atoms with van der Waals surface area (Å²) in [4.78, 5) is 24.5. The van der Waals surface area contributed by atoms with Crippen LogP contribution in [0.15, 0.2) is 18.3 Å². The Morgan fingerprint density at radius 2 is 2.21 bits per heavy atom. The normalized spacial score (nSPS) is 17.4. The molecular formula is C9H8N2O3. The summed E-state index contributed by atoms with van der Waals surface area (Å²) in [6.45, 7) is 0. The summed E-state index contributed by atoms with van der Waals surface area (Å²) < 4.78 is 0. The van der Waals surface area contributed by atoms with Crippen LogP contribution in [0.2, 0.25) is 0 Å². The first-order chi connectivity index (χ1) is 6.68. The summed E-state index contributed by atoms with van der Waals surface area (Å²) in [5, 5.41) is 10.3. The third-order valence-corrected chi connectivity index (χ3v) is 2.48. The third-order valence-electron chi connectivity index (χ3n) is 2.48. The number of carbonyl (C=O) groups is 1. The van der Waals surface area contributed by atoms with Crippen molar-refractivity contribution in [3.8, 4) is 0 Å². The molecule has 0 atom stereocenters. The zero-order valence-electron chi connectivity index (χ0n) is 7.34. The van der Waals surface area contributed by atoms with Crippen LogP contribution in [-0.2, 0) is 10.2 Å². The van der Waals surface area contributed by atoms with Crippen molar-refractivity contribution in [3.05, 3.63) is 34.1 Å². The second-order valence-electron chi connectivity index (χ2n) is 3.43. The highest BCUT2D eigenvalue weighted by Crippen LogP contribution is 2.45. The maximum Gasteiger partial charge on any atom is 0.287 e. The Bertz CT molecular complexity index is 382. The summed E-state index contributed by atoms with van der Waals surface area (Å²) in [7, 11) is 0. The van der Waals surface area contributed by atoms with Gasteiger partial charge in [0, 0.05) is 6.07 Å². The fraction of sp³-hybridized carbons (Fsp3) is 0.333. The van der Waals surface area contributed by atoms with Crippen LogP contribution in [0.1, 0.15) is 18.5 Å². The summed E-state index contributed by atoms with van der Waals surface area (Å²) in [6.07, 6.45) is 3.66. The number of hydrogen-bond acceptors (Lipinski definition) is 4. The lowest BCUT2D eigenvalue weighted by atomic mass is 10.0. The molecule has 0 bridgehead atoms. The van der Waals surface area contributed by atoms with E-state index in [0.29, 0.717) is 5.69 Å². The van der Waals surface area contributed by atoms with Crippen molar-refractivity contribution in [2.24, 2.45) is 0 Å². The minimum Gasteiger partial charge on any atom is -0.302 e. The van der Waals surface area contributed by atoms with Crippen molar-refractivity contribution in [3.63, 3.8) is 0 Å². The minimum atomic E-state index is -0.503. The van der Waals surface area contributed by atoms with Crippen LogP contribution in [0, 0.1) is 10.1 Å². The Hall–Kier alpha value is -1.78. The van der Waals surface area contributed by atoms with Crippen LogP contribution in [0.5, 0.6) is 0 Å². The van der Waals surface area contributed by atoms with Crippen molar-refractivity contribution >= 4 is 12.0 Å². The van der Waals surface area contributed by atoms with E-state index >= 15 is 0 Å². The topological polar surface area (TPSA) is 73.1 Å². The van der Waals surface area contributed by atoms with Crippen molar-refractivity contribution in [1.82, 2.24) is 4.98 Å². The van der Waals surface area contributed by atoms with Gasteiger partial charge in [-0.25, -0.2) is 0 Å². The highest BCUT2D eigenvalue weighted by molar-refractivity contribution is 5.72. The molecule has 0 aliphatic heterocycles. The molecule has 0 saturated heterocycles. The quantitative estimate of drug-likeness (QED) is 0.410. The SMILES string of the molecule is O=CC1(c2ccc([N+](=O)[O-])cn2)CC1. The molecule has 5 nitrogen and oxygen atoms in total. The number of aldehydes is 1. The van der Waals surface area contributed by atoms with E-state index in [-0.39, 0.29) is 5.69 Å². The van der Waals surface area contributed by atoms with Crippen LogP contribution < -0.4 is 0 Å². The third kappa shape index (κ3) is 1.26. The van der Waals surface area contributed by atoms with Crippen LogP contribution >= 0.6 is 0 Å². The fourth-order valence-electron chi connectivity index (χ4n) is 1.36. The molecule has 1 saturated carbocycles. The van der Waals surface area contributed by atoms with Crippen LogP contribution in [0.3, 0.4) is 0 Å². The van der Waals surface area contributed by atoms with Gasteiger partial charge in [-0.3, -0.25) is 15.1 Å². The Kier molecular flexibility index (Phi) is 1.80. The second-order valence-corrected chi connectivity index (χ2v) is 3.43. The predicted molar refractivity (Wildman–Crippen MR) is 47.9 cm³/mol. The molecule has 1 aromatic rings. The zero-order valence-corrected chi connectivity index (χ0v) is 7.34. The molecule has 72 valence electrons. The summed E-state index contributed by atoms with van der Waals surface area (Å²) in [5.41, 5.74) is 0.142. The summed E-state index contributed by atoms with van der Waals surface area (Å²) >= 11 is 0. The van der Waals surface area contributed by atoms with E-state index in [2.05, 4.69) is 4.98 Å². The minimum absolute atomic E-state index is 0.0459. The van der Waals surface area contributed by atoms with Crippen molar-refractivity contribution in [1.29, 1.82) is 0 Å². The first-order valence-electron chi connectivity index (χ1n) is 4.25. The average molecular weight is 192 g/mol. The van der Waals surface area contributed by atoms with Gasteiger partial charge < -0.3 is 4.79 Å². The van der Waals surface area contributed by atoms with Gasteiger partial charge in [-0.05, 0) is 18.9 Å². The van der Waals surface area contributed by atoms with Gasteiger partial charge >= 0.3 is 0 Å². The van der Waals surface area contributed by atoms with Gasteiger partial charge in [0.2, 0.25) is 0 Å². The number of nitro groups is 1. The first kappa shape index (κ1) is 8.80. The van der Waals surface area contributed by atoms with Gasteiger partial charge in [0.25, 0.3) is 5.69 Å². The van der Waals surface area contributed by atoms with Crippen LogP contribution in [0.25, 0.3) is 0 Å². The van der Waals surface area contributed by atoms with Crippen molar-refractivity contribution in [2.45, 2.75) is 18.3 Å². The summed E-state index contributed by atoms with van der Waals surface area (Å²) in [6, 6.07) is 2.94. The number of carbonyl (C=O) groups excluding carboxylic acids is 1. The molecule has 5 heteroatoms. The lowest BCUT2D eigenvalue weighted by Crippen LogP contribution is -2.09. The zero-order chi connectivity index (χ0) is 10.2. The Morgan fingerprint density at radius 3 is 2.57 bits per heavy atom. The van der Waals surface area contributed by atoms with Crippen molar-refractivity contribution < 1.29 is 9.72 Å². The van der Waals surface area contributed by atoms with E-state index < -0.39 is 10.3 Å². The van der Waals surface area contributed by atoms with Gasteiger partial charge in [-0.2, -0.15) is 0 Å². The lowest BCUT2D eigenvalue weighted by molar-refractivity contribution is -0.385. The second kappa shape index (κ2) is 2.87. The summed E-state index contributed by atoms with van der Waals surface area (Å²) in [5.74, 6) is 0. The smallest absolute Gasteiger partial charge is 0.287 e. The molecular weight excluding hydrogens is 184 g/mol. The number of hydrogen-bond donors (Lipinski definition) is 0. The van der Waals surface area contributed by atoms with Gasteiger partial charge in [0.1, 0.15) is 12.5 Å². The average Bonchev–Trinajstić information content (AvgIpc) is 2.99. The Labute approximate surface area is 79.9 Å². The highest BCUT2D eigenvalue weighted by Gasteiger charge is 2.45.